The molecule has 4 nitrogen and oxygen atoms in total. The molecule has 1 rings (SSSR count). The SMILES string of the molecule is CCNC(C1CCCC(S(C)(=O)=O)C1)C(OCC)C(C)C. The van der Waals surface area contributed by atoms with Crippen LogP contribution in [0.25, 0.3) is 0 Å². The molecule has 0 bridgehead atoms. The average Bonchev–Trinajstić information content (AvgIpc) is 2.41. The lowest BCUT2D eigenvalue weighted by molar-refractivity contribution is -0.0161. The molecule has 0 saturated heterocycles. The number of likely N-dealkylation sites (N-methyl/N-ethyl adjacent to an activating group) is 1. The van der Waals surface area contributed by atoms with Crippen LogP contribution in [0.3, 0.4) is 0 Å². The summed E-state index contributed by atoms with van der Waals surface area (Å²) in [5.74, 6) is 0.810. The Morgan fingerprint density at radius 3 is 2.38 bits per heavy atom. The van der Waals surface area contributed by atoms with Gasteiger partial charge in [-0.1, -0.05) is 27.2 Å². The molecule has 1 N–H and O–H groups in total. The van der Waals surface area contributed by atoms with E-state index in [2.05, 4.69) is 26.1 Å². The summed E-state index contributed by atoms with van der Waals surface area (Å²) >= 11 is 0. The maximum atomic E-state index is 11.9. The first-order chi connectivity index (χ1) is 9.81. The fourth-order valence-corrected chi connectivity index (χ4v) is 4.78. The molecule has 0 heterocycles. The molecule has 0 spiro atoms. The lowest BCUT2D eigenvalue weighted by atomic mass is 9.79. The van der Waals surface area contributed by atoms with Crippen LogP contribution in [0.2, 0.25) is 0 Å². The number of hydrogen-bond acceptors (Lipinski definition) is 4. The zero-order valence-electron chi connectivity index (χ0n) is 14.3. The molecule has 1 fully saturated rings. The average molecular weight is 320 g/mol. The lowest BCUT2D eigenvalue weighted by Crippen LogP contribution is -2.51. The van der Waals surface area contributed by atoms with E-state index in [0.717, 1.165) is 32.2 Å². The third kappa shape index (κ3) is 5.53. The van der Waals surface area contributed by atoms with E-state index in [9.17, 15) is 8.42 Å². The van der Waals surface area contributed by atoms with E-state index in [-0.39, 0.29) is 17.4 Å². The van der Waals surface area contributed by atoms with Gasteiger partial charge in [-0.2, -0.15) is 0 Å². The van der Waals surface area contributed by atoms with Crippen LogP contribution in [0, 0.1) is 11.8 Å². The molecule has 0 aromatic rings. The van der Waals surface area contributed by atoms with Crippen molar-refractivity contribution in [3.05, 3.63) is 0 Å². The van der Waals surface area contributed by atoms with E-state index in [1.807, 2.05) is 6.92 Å². The van der Waals surface area contributed by atoms with Crippen molar-refractivity contribution in [1.29, 1.82) is 0 Å². The largest absolute Gasteiger partial charge is 0.377 e. The van der Waals surface area contributed by atoms with Gasteiger partial charge in [-0.3, -0.25) is 0 Å². The third-order valence-electron chi connectivity index (χ3n) is 4.59. The molecule has 0 aromatic heterocycles. The quantitative estimate of drug-likeness (QED) is 0.747. The van der Waals surface area contributed by atoms with Crippen LogP contribution >= 0.6 is 0 Å². The molecule has 0 amide bonds. The van der Waals surface area contributed by atoms with Crippen molar-refractivity contribution in [1.82, 2.24) is 5.32 Å². The van der Waals surface area contributed by atoms with Crippen molar-refractivity contribution in [3.63, 3.8) is 0 Å². The minimum atomic E-state index is -2.93. The fraction of sp³-hybridized carbons (Fsp3) is 1.00. The van der Waals surface area contributed by atoms with Crippen LogP contribution in [0.5, 0.6) is 0 Å². The molecular formula is C16H33NO3S. The minimum absolute atomic E-state index is 0.151. The van der Waals surface area contributed by atoms with Gasteiger partial charge in [0.15, 0.2) is 0 Å². The normalized spacial score (nSPS) is 26.8. The van der Waals surface area contributed by atoms with Gasteiger partial charge >= 0.3 is 0 Å². The maximum absolute atomic E-state index is 11.9. The van der Waals surface area contributed by atoms with Crippen molar-refractivity contribution in [2.75, 3.05) is 19.4 Å². The summed E-state index contributed by atoms with van der Waals surface area (Å²) in [6, 6.07) is 0.250. The first kappa shape index (κ1) is 18.9. The molecule has 21 heavy (non-hydrogen) atoms. The van der Waals surface area contributed by atoms with Gasteiger partial charge < -0.3 is 10.1 Å². The van der Waals surface area contributed by atoms with Crippen LogP contribution in [0.1, 0.15) is 53.4 Å². The highest BCUT2D eigenvalue weighted by Gasteiger charge is 2.37. The summed E-state index contributed by atoms with van der Waals surface area (Å²) in [5.41, 5.74) is 0. The number of ether oxygens (including phenoxy) is 1. The van der Waals surface area contributed by atoms with Crippen LogP contribution in [0.4, 0.5) is 0 Å². The van der Waals surface area contributed by atoms with E-state index in [1.165, 1.54) is 6.26 Å². The van der Waals surface area contributed by atoms with E-state index >= 15 is 0 Å². The molecule has 1 aliphatic rings. The van der Waals surface area contributed by atoms with Crippen molar-refractivity contribution < 1.29 is 13.2 Å². The summed E-state index contributed by atoms with van der Waals surface area (Å²) in [5, 5.41) is 3.40. The van der Waals surface area contributed by atoms with Gasteiger partial charge in [-0.05, 0) is 44.6 Å². The number of hydrogen-bond donors (Lipinski definition) is 1. The topological polar surface area (TPSA) is 55.4 Å². The van der Waals surface area contributed by atoms with Crippen LogP contribution in [-0.2, 0) is 14.6 Å². The highest BCUT2D eigenvalue weighted by Crippen LogP contribution is 2.33. The molecule has 4 unspecified atom stereocenters. The Kier molecular flexibility index (Phi) is 7.65. The van der Waals surface area contributed by atoms with Crippen molar-refractivity contribution in [2.45, 2.75) is 70.8 Å². The summed E-state index contributed by atoms with van der Waals surface area (Å²) in [6.07, 6.45) is 5.21. The van der Waals surface area contributed by atoms with Gasteiger partial charge in [0.1, 0.15) is 9.84 Å². The second-order valence-corrected chi connectivity index (χ2v) is 8.95. The second-order valence-electron chi connectivity index (χ2n) is 6.63. The smallest absolute Gasteiger partial charge is 0.150 e. The number of nitrogens with one attached hydrogen (secondary N) is 1. The zero-order valence-corrected chi connectivity index (χ0v) is 15.1. The Hall–Kier alpha value is -0.130. The summed E-state index contributed by atoms with van der Waals surface area (Å²) in [6.45, 7) is 10.1. The van der Waals surface area contributed by atoms with Gasteiger partial charge in [0.25, 0.3) is 0 Å². The number of sulfone groups is 1. The Bertz CT molecular complexity index is 394. The third-order valence-corrected chi connectivity index (χ3v) is 6.23. The van der Waals surface area contributed by atoms with E-state index in [0.29, 0.717) is 18.4 Å². The second kappa shape index (κ2) is 8.49. The predicted molar refractivity (Wildman–Crippen MR) is 88.3 cm³/mol. The molecule has 5 heteroatoms. The van der Waals surface area contributed by atoms with Gasteiger partial charge in [0.05, 0.1) is 11.4 Å². The summed E-state index contributed by atoms with van der Waals surface area (Å²) < 4.78 is 29.8. The number of rotatable bonds is 8. The Morgan fingerprint density at radius 1 is 1.24 bits per heavy atom. The first-order valence-electron chi connectivity index (χ1n) is 8.35. The Balaban J connectivity index is 2.88. The molecule has 1 aliphatic carbocycles. The molecule has 1 saturated carbocycles. The van der Waals surface area contributed by atoms with E-state index in [1.54, 1.807) is 0 Å². The molecule has 0 radical (unpaired) electrons. The minimum Gasteiger partial charge on any atom is -0.377 e. The highest BCUT2D eigenvalue weighted by atomic mass is 32.2. The Morgan fingerprint density at radius 2 is 1.90 bits per heavy atom. The molecule has 0 aliphatic heterocycles. The molecule has 126 valence electrons. The molecule has 4 atom stereocenters. The maximum Gasteiger partial charge on any atom is 0.150 e. The zero-order chi connectivity index (χ0) is 16.0. The molecule has 0 aromatic carbocycles. The fourth-order valence-electron chi connectivity index (χ4n) is 3.59. The van der Waals surface area contributed by atoms with E-state index in [4.69, 9.17) is 4.74 Å². The summed E-state index contributed by atoms with van der Waals surface area (Å²) in [4.78, 5) is 0. The van der Waals surface area contributed by atoms with Gasteiger partial charge in [0.2, 0.25) is 0 Å². The van der Waals surface area contributed by atoms with E-state index < -0.39 is 9.84 Å². The van der Waals surface area contributed by atoms with Gasteiger partial charge in [-0.25, -0.2) is 8.42 Å². The molecular weight excluding hydrogens is 286 g/mol. The van der Waals surface area contributed by atoms with Crippen LogP contribution in [0.15, 0.2) is 0 Å². The first-order valence-corrected chi connectivity index (χ1v) is 10.3. The van der Waals surface area contributed by atoms with Gasteiger partial charge in [-0.15, -0.1) is 0 Å². The monoisotopic (exact) mass is 319 g/mol. The van der Waals surface area contributed by atoms with Gasteiger partial charge in [0, 0.05) is 18.9 Å². The van der Waals surface area contributed by atoms with Crippen LogP contribution in [-0.4, -0.2) is 45.2 Å². The predicted octanol–water partition coefficient (Wildman–Crippen LogP) is 2.63. The lowest BCUT2D eigenvalue weighted by Gasteiger charge is -2.39. The van der Waals surface area contributed by atoms with Crippen LogP contribution < -0.4 is 5.32 Å². The summed E-state index contributed by atoms with van der Waals surface area (Å²) in [7, 11) is -2.93. The Labute approximate surface area is 130 Å². The standard InChI is InChI=1S/C16H33NO3S/c1-6-17-15(16(12(3)4)20-7-2)13-9-8-10-14(11-13)21(5,18)19/h12-17H,6-11H2,1-5H3. The highest BCUT2D eigenvalue weighted by molar-refractivity contribution is 7.91. The van der Waals surface area contributed by atoms with Crippen molar-refractivity contribution >= 4 is 9.84 Å². The van der Waals surface area contributed by atoms with Crippen molar-refractivity contribution in [3.8, 4) is 0 Å². The van der Waals surface area contributed by atoms with Crippen molar-refractivity contribution in [2.24, 2.45) is 11.8 Å².